The predicted molar refractivity (Wildman–Crippen MR) is 98.1 cm³/mol. The fraction of sp³-hybridized carbons (Fsp3) is 0.750. The van der Waals surface area contributed by atoms with E-state index in [4.69, 9.17) is 5.11 Å². The van der Waals surface area contributed by atoms with Gasteiger partial charge in [0.2, 0.25) is 0 Å². The third-order valence-electron chi connectivity index (χ3n) is 4.91. The number of aliphatic carboxylic acids is 1. The van der Waals surface area contributed by atoms with E-state index in [0.717, 1.165) is 25.7 Å². The van der Waals surface area contributed by atoms with Crippen LogP contribution in [0.15, 0.2) is 24.3 Å². The van der Waals surface area contributed by atoms with Crippen LogP contribution >= 0.6 is 0 Å². The van der Waals surface area contributed by atoms with Gasteiger partial charge in [-0.1, -0.05) is 50.5 Å². The van der Waals surface area contributed by atoms with Crippen LogP contribution in [0.2, 0.25) is 0 Å². The molecule has 0 aromatic heterocycles. The molecule has 0 aromatic carbocycles. The van der Waals surface area contributed by atoms with E-state index in [9.17, 15) is 20.1 Å². The summed E-state index contributed by atoms with van der Waals surface area (Å²) >= 11 is 0. The molecule has 1 aliphatic carbocycles. The van der Waals surface area contributed by atoms with Crippen molar-refractivity contribution >= 4 is 5.97 Å². The highest BCUT2D eigenvalue weighted by molar-refractivity contribution is 5.66. The Kier molecular flexibility index (Phi) is 10.7. The zero-order chi connectivity index (χ0) is 18.7. The van der Waals surface area contributed by atoms with E-state index in [2.05, 4.69) is 6.92 Å². The lowest BCUT2D eigenvalue weighted by atomic mass is 9.89. The van der Waals surface area contributed by atoms with E-state index < -0.39 is 24.3 Å². The molecule has 25 heavy (non-hydrogen) atoms. The zero-order valence-corrected chi connectivity index (χ0v) is 15.3. The minimum absolute atomic E-state index is 0.0650. The summed E-state index contributed by atoms with van der Waals surface area (Å²) in [6.45, 7) is 2.12. The summed E-state index contributed by atoms with van der Waals surface area (Å²) in [6, 6.07) is 0. The summed E-state index contributed by atoms with van der Waals surface area (Å²) in [5.74, 6) is -1.00. The molecule has 0 spiro atoms. The number of hydrogen-bond donors (Lipinski definition) is 4. The Hall–Kier alpha value is -1.17. The van der Waals surface area contributed by atoms with E-state index >= 15 is 0 Å². The SMILES string of the molecule is CCCCCC(O)/C=C/[C@@H]1[C@@H](C/C=C/CCCC(=O)O)[C@H](O)C[C@H]1O. The van der Waals surface area contributed by atoms with Gasteiger partial charge in [0.05, 0.1) is 18.3 Å². The molecule has 0 heterocycles. The molecule has 0 aromatic rings. The summed E-state index contributed by atoms with van der Waals surface area (Å²) in [5.41, 5.74) is 0. The molecular formula is C20H34O5. The molecule has 1 unspecified atom stereocenters. The number of carboxylic acid groups (broad SMARTS) is 1. The van der Waals surface area contributed by atoms with E-state index in [1.165, 1.54) is 0 Å². The quantitative estimate of drug-likeness (QED) is 0.319. The minimum Gasteiger partial charge on any atom is -0.481 e. The molecule has 1 rings (SSSR count). The second kappa shape index (κ2) is 12.2. The van der Waals surface area contributed by atoms with E-state index in [0.29, 0.717) is 25.7 Å². The fourth-order valence-electron chi connectivity index (χ4n) is 3.41. The van der Waals surface area contributed by atoms with Crippen molar-refractivity contribution in [2.45, 2.75) is 83.0 Å². The molecule has 0 amide bonds. The number of carboxylic acids is 1. The van der Waals surface area contributed by atoms with Crippen molar-refractivity contribution in [2.24, 2.45) is 11.8 Å². The van der Waals surface area contributed by atoms with Crippen molar-refractivity contribution in [3.63, 3.8) is 0 Å². The molecule has 0 aliphatic heterocycles. The van der Waals surface area contributed by atoms with Crippen LogP contribution in [-0.4, -0.2) is 44.7 Å². The number of aliphatic hydroxyl groups excluding tert-OH is 3. The molecular weight excluding hydrogens is 320 g/mol. The van der Waals surface area contributed by atoms with Crippen LogP contribution in [0.25, 0.3) is 0 Å². The van der Waals surface area contributed by atoms with Crippen molar-refractivity contribution in [3.8, 4) is 0 Å². The number of rotatable bonds is 12. The first-order valence-corrected chi connectivity index (χ1v) is 9.55. The maximum Gasteiger partial charge on any atom is 0.303 e. The molecule has 1 fully saturated rings. The first-order chi connectivity index (χ1) is 12.0. The van der Waals surface area contributed by atoms with Crippen LogP contribution in [-0.2, 0) is 4.79 Å². The van der Waals surface area contributed by atoms with Gasteiger partial charge in [0.25, 0.3) is 0 Å². The maximum atomic E-state index is 10.5. The average molecular weight is 354 g/mol. The molecule has 5 atom stereocenters. The smallest absolute Gasteiger partial charge is 0.303 e. The Morgan fingerprint density at radius 3 is 2.60 bits per heavy atom. The predicted octanol–water partition coefficient (Wildman–Crippen LogP) is 3.04. The lowest BCUT2D eigenvalue weighted by Gasteiger charge is -2.19. The zero-order valence-electron chi connectivity index (χ0n) is 15.3. The van der Waals surface area contributed by atoms with Gasteiger partial charge in [-0.25, -0.2) is 0 Å². The van der Waals surface area contributed by atoms with Gasteiger partial charge in [-0.3, -0.25) is 4.79 Å². The van der Waals surface area contributed by atoms with Gasteiger partial charge in [0, 0.05) is 18.8 Å². The molecule has 0 radical (unpaired) electrons. The summed E-state index contributed by atoms with van der Waals surface area (Å²) in [5, 5.41) is 39.0. The molecule has 4 N–H and O–H groups in total. The molecule has 0 saturated heterocycles. The number of carbonyl (C=O) groups is 1. The van der Waals surface area contributed by atoms with Crippen molar-refractivity contribution in [3.05, 3.63) is 24.3 Å². The third-order valence-corrected chi connectivity index (χ3v) is 4.91. The van der Waals surface area contributed by atoms with Crippen LogP contribution in [0.1, 0.15) is 64.7 Å². The van der Waals surface area contributed by atoms with Crippen LogP contribution in [0.3, 0.4) is 0 Å². The van der Waals surface area contributed by atoms with Gasteiger partial charge in [0.15, 0.2) is 0 Å². The van der Waals surface area contributed by atoms with E-state index in [1.807, 2.05) is 18.2 Å². The number of unbranched alkanes of at least 4 members (excludes halogenated alkanes) is 3. The normalized spacial score (nSPS) is 28.2. The lowest BCUT2D eigenvalue weighted by Crippen LogP contribution is -2.20. The fourth-order valence-corrected chi connectivity index (χ4v) is 3.41. The topological polar surface area (TPSA) is 98.0 Å². The van der Waals surface area contributed by atoms with Crippen LogP contribution in [0, 0.1) is 11.8 Å². The van der Waals surface area contributed by atoms with Gasteiger partial charge >= 0.3 is 5.97 Å². The highest BCUT2D eigenvalue weighted by atomic mass is 16.4. The number of aliphatic hydroxyl groups is 3. The maximum absolute atomic E-state index is 10.5. The second-order valence-corrected chi connectivity index (χ2v) is 7.05. The van der Waals surface area contributed by atoms with Crippen molar-refractivity contribution < 1.29 is 25.2 Å². The number of allylic oxidation sites excluding steroid dienone is 2. The lowest BCUT2D eigenvalue weighted by molar-refractivity contribution is -0.137. The minimum atomic E-state index is -0.787. The first kappa shape index (κ1) is 21.9. The Balaban J connectivity index is 2.46. The average Bonchev–Trinajstić information content (AvgIpc) is 2.82. The molecule has 5 nitrogen and oxygen atoms in total. The van der Waals surface area contributed by atoms with Gasteiger partial charge in [0.1, 0.15) is 0 Å². The highest BCUT2D eigenvalue weighted by Gasteiger charge is 2.39. The Bertz CT molecular complexity index is 432. The number of hydrogen-bond acceptors (Lipinski definition) is 4. The molecule has 1 aliphatic rings. The van der Waals surface area contributed by atoms with Crippen LogP contribution in [0.4, 0.5) is 0 Å². The summed E-state index contributed by atoms with van der Waals surface area (Å²) in [4.78, 5) is 10.5. The van der Waals surface area contributed by atoms with Crippen LogP contribution < -0.4 is 0 Å². The van der Waals surface area contributed by atoms with Gasteiger partial charge < -0.3 is 20.4 Å². The van der Waals surface area contributed by atoms with Crippen molar-refractivity contribution in [1.29, 1.82) is 0 Å². The summed E-state index contributed by atoms with van der Waals surface area (Å²) < 4.78 is 0. The van der Waals surface area contributed by atoms with E-state index in [1.54, 1.807) is 6.08 Å². The van der Waals surface area contributed by atoms with Crippen LogP contribution in [0.5, 0.6) is 0 Å². The summed E-state index contributed by atoms with van der Waals surface area (Å²) in [6.07, 6.45) is 12.3. The largest absolute Gasteiger partial charge is 0.481 e. The van der Waals surface area contributed by atoms with Crippen molar-refractivity contribution in [2.75, 3.05) is 0 Å². The third kappa shape index (κ3) is 8.66. The van der Waals surface area contributed by atoms with Gasteiger partial charge in [-0.15, -0.1) is 0 Å². The molecule has 5 heteroatoms. The molecule has 144 valence electrons. The second-order valence-electron chi connectivity index (χ2n) is 7.05. The first-order valence-electron chi connectivity index (χ1n) is 9.55. The molecule has 1 saturated carbocycles. The highest BCUT2D eigenvalue weighted by Crippen LogP contribution is 2.36. The Morgan fingerprint density at radius 2 is 1.92 bits per heavy atom. The van der Waals surface area contributed by atoms with Gasteiger partial charge in [-0.05, 0) is 31.6 Å². The van der Waals surface area contributed by atoms with Crippen molar-refractivity contribution in [1.82, 2.24) is 0 Å². The molecule has 0 bridgehead atoms. The standard InChI is InChI=1S/C20H34O5/c1-2-3-6-9-15(21)12-13-17-16(18(22)14-19(17)23)10-7-4-5-8-11-20(24)25/h4,7,12-13,15-19,21-23H,2-3,5-6,8-11,14H2,1H3,(H,24,25)/b7-4+,13-12+/t15?,16-,17-,18-,19-/m1/s1. The Labute approximate surface area is 151 Å². The van der Waals surface area contributed by atoms with E-state index in [-0.39, 0.29) is 18.3 Å². The Morgan fingerprint density at radius 1 is 1.16 bits per heavy atom. The monoisotopic (exact) mass is 354 g/mol. The summed E-state index contributed by atoms with van der Waals surface area (Å²) in [7, 11) is 0. The van der Waals surface area contributed by atoms with Gasteiger partial charge in [-0.2, -0.15) is 0 Å².